The number of para-hydroxylation sites is 1. The Labute approximate surface area is 134 Å². The maximum Gasteiger partial charge on any atom is 0.424 e. The van der Waals surface area contributed by atoms with Crippen LogP contribution >= 0.6 is 0 Å². The van der Waals surface area contributed by atoms with Gasteiger partial charge in [-0.1, -0.05) is 18.2 Å². The summed E-state index contributed by atoms with van der Waals surface area (Å²) in [5, 5.41) is 3.47. The van der Waals surface area contributed by atoms with Crippen LogP contribution in [0.3, 0.4) is 0 Å². The highest BCUT2D eigenvalue weighted by Gasteiger charge is 2.34. The summed E-state index contributed by atoms with van der Waals surface area (Å²) >= 11 is 0. The topological polar surface area (TPSA) is 105 Å². The van der Waals surface area contributed by atoms with Crippen LogP contribution in [0.25, 0.3) is 0 Å². The fraction of sp³-hybridized carbons (Fsp3) is 0.400. The number of hydrogen-bond donors (Lipinski definition) is 2. The van der Waals surface area contributed by atoms with E-state index in [0.717, 1.165) is 6.42 Å². The molecule has 3 amide bonds. The number of ether oxygens (including phenoxy) is 1. The molecule has 1 fully saturated rings. The minimum Gasteiger partial charge on any atom is -0.452 e. The zero-order valence-electron chi connectivity index (χ0n) is 12.9. The molecule has 2 rings (SSSR count). The van der Waals surface area contributed by atoms with Gasteiger partial charge in [0.05, 0.1) is 7.11 Å². The van der Waals surface area contributed by atoms with Gasteiger partial charge in [-0.05, 0) is 25.0 Å². The Kier molecular flexibility index (Phi) is 5.53. The number of nitrogens with zero attached hydrogens (tertiary/aromatic N) is 2. The number of amides is 3. The van der Waals surface area contributed by atoms with Crippen LogP contribution in [0.4, 0.5) is 10.5 Å². The smallest absolute Gasteiger partial charge is 0.424 e. The number of anilines is 1. The number of nitrogens with two attached hydrogens (primary N) is 1. The third-order valence-electron chi connectivity index (χ3n) is 3.63. The summed E-state index contributed by atoms with van der Waals surface area (Å²) in [6, 6.07) is 8.47. The molecule has 1 aromatic rings. The van der Waals surface area contributed by atoms with E-state index in [4.69, 9.17) is 5.84 Å². The van der Waals surface area contributed by atoms with Crippen LogP contribution in [-0.4, -0.2) is 54.1 Å². The zero-order valence-corrected chi connectivity index (χ0v) is 12.9. The number of hydrogen-bond acceptors (Lipinski definition) is 5. The van der Waals surface area contributed by atoms with Crippen LogP contribution in [0, 0.1) is 0 Å². The zero-order chi connectivity index (χ0) is 16.8. The fourth-order valence-corrected chi connectivity index (χ4v) is 2.50. The van der Waals surface area contributed by atoms with Crippen LogP contribution in [0.2, 0.25) is 0 Å². The lowest BCUT2D eigenvalue weighted by molar-refractivity contribution is -0.137. The second-order valence-electron chi connectivity index (χ2n) is 5.20. The molecule has 3 N–H and O–H groups in total. The number of carbonyl (C=O) groups excluding carboxylic acids is 3. The molecule has 0 bridgehead atoms. The van der Waals surface area contributed by atoms with E-state index >= 15 is 0 Å². The molecule has 0 aromatic heterocycles. The van der Waals surface area contributed by atoms with Crippen LogP contribution in [-0.2, 0) is 14.3 Å². The molecule has 124 valence electrons. The molecule has 8 heteroatoms. The number of carbonyl (C=O) groups is 3. The van der Waals surface area contributed by atoms with E-state index in [9.17, 15) is 14.4 Å². The largest absolute Gasteiger partial charge is 0.452 e. The van der Waals surface area contributed by atoms with E-state index in [0.29, 0.717) is 23.7 Å². The number of likely N-dealkylation sites (tertiary alicyclic amines) is 1. The molecule has 1 aliphatic rings. The highest BCUT2D eigenvalue weighted by molar-refractivity contribution is 5.98. The molecule has 8 nitrogen and oxygen atoms in total. The summed E-state index contributed by atoms with van der Waals surface area (Å²) < 4.78 is 4.44. The van der Waals surface area contributed by atoms with Gasteiger partial charge in [-0.2, -0.15) is 0 Å². The summed E-state index contributed by atoms with van der Waals surface area (Å²) in [5.41, 5.74) is 0.673. The van der Waals surface area contributed by atoms with Gasteiger partial charge in [-0.25, -0.2) is 15.6 Å². The molecule has 1 atom stereocenters. The second-order valence-corrected chi connectivity index (χ2v) is 5.20. The van der Waals surface area contributed by atoms with Crippen molar-refractivity contribution in [2.75, 3.05) is 25.5 Å². The number of nitrogens with one attached hydrogen (secondary N) is 1. The van der Waals surface area contributed by atoms with Crippen molar-refractivity contribution in [1.29, 1.82) is 0 Å². The summed E-state index contributed by atoms with van der Waals surface area (Å²) in [5.74, 6) is 4.82. The Bertz CT molecular complexity index is 578. The van der Waals surface area contributed by atoms with Gasteiger partial charge in [-0.3, -0.25) is 9.59 Å². The van der Waals surface area contributed by atoms with Gasteiger partial charge < -0.3 is 15.0 Å². The summed E-state index contributed by atoms with van der Waals surface area (Å²) in [7, 11) is 1.18. The SMILES string of the molecule is COC(=O)N(N)CC(=O)N1CCC[C@H]1C(=O)Nc1ccccc1. The first-order valence-electron chi connectivity index (χ1n) is 7.28. The van der Waals surface area contributed by atoms with Crippen LogP contribution in [0.15, 0.2) is 30.3 Å². The number of hydrazine groups is 1. The third kappa shape index (κ3) is 4.19. The van der Waals surface area contributed by atoms with Crippen molar-refractivity contribution in [2.24, 2.45) is 5.84 Å². The van der Waals surface area contributed by atoms with E-state index in [1.807, 2.05) is 18.2 Å². The van der Waals surface area contributed by atoms with Crippen molar-refractivity contribution < 1.29 is 19.1 Å². The van der Waals surface area contributed by atoms with E-state index in [1.54, 1.807) is 12.1 Å². The van der Waals surface area contributed by atoms with Crippen LogP contribution in [0.1, 0.15) is 12.8 Å². The molecule has 0 unspecified atom stereocenters. The number of rotatable bonds is 4. The maximum atomic E-state index is 12.4. The van der Waals surface area contributed by atoms with Crippen molar-refractivity contribution in [1.82, 2.24) is 9.91 Å². The average Bonchev–Trinajstić information content (AvgIpc) is 3.04. The van der Waals surface area contributed by atoms with Crippen LogP contribution < -0.4 is 11.2 Å². The first-order valence-corrected chi connectivity index (χ1v) is 7.28. The quantitative estimate of drug-likeness (QED) is 0.479. The van der Waals surface area contributed by atoms with Crippen molar-refractivity contribution in [2.45, 2.75) is 18.9 Å². The van der Waals surface area contributed by atoms with Gasteiger partial charge >= 0.3 is 6.09 Å². The molecular formula is C15H20N4O4. The standard InChI is InChI=1S/C15H20N4O4/c1-23-15(22)19(16)10-13(20)18-9-5-8-12(18)14(21)17-11-6-3-2-4-7-11/h2-4,6-7,12H,5,8-10,16H2,1H3,(H,17,21)/t12-/m0/s1. The first-order chi connectivity index (χ1) is 11.0. The molecule has 0 saturated carbocycles. The Morgan fingerprint density at radius 2 is 2.04 bits per heavy atom. The van der Waals surface area contributed by atoms with Crippen molar-refractivity contribution in [3.63, 3.8) is 0 Å². The predicted molar refractivity (Wildman–Crippen MR) is 83.1 cm³/mol. The Morgan fingerprint density at radius 1 is 1.35 bits per heavy atom. The Balaban J connectivity index is 1.97. The van der Waals surface area contributed by atoms with E-state index in [2.05, 4.69) is 10.1 Å². The number of benzene rings is 1. The molecule has 1 aliphatic heterocycles. The van der Waals surface area contributed by atoms with Crippen LogP contribution in [0.5, 0.6) is 0 Å². The van der Waals surface area contributed by atoms with E-state index in [1.165, 1.54) is 12.0 Å². The number of methoxy groups -OCH3 is 1. The molecular weight excluding hydrogens is 300 g/mol. The van der Waals surface area contributed by atoms with E-state index < -0.39 is 12.1 Å². The lowest BCUT2D eigenvalue weighted by Crippen LogP contribution is -2.50. The van der Waals surface area contributed by atoms with Gasteiger partial charge in [0.15, 0.2) is 0 Å². The Morgan fingerprint density at radius 3 is 2.70 bits per heavy atom. The lowest BCUT2D eigenvalue weighted by Gasteiger charge is -2.25. The summed E-state index contributed by atoms with van der Waals surface area (Å²) in [6.45, 7) is 0.127. The molecule has 0 spiro atoms. The molecule has 23 heavy (non-hydrogen) atoms. The minimum atomic E-state index is -0.803. The highest BCUT2D eigenvalue weighted by Crippen LogP contribution is 2.19. The minimum absolute atomic E-state index is 0.247. The molecule has 0 aliphatic carbocycles. The van der Waals surface area contributed by atoms with Crippen molar-refractivity contribution >= 4 is 23.6 Å². The van der Waals surface area contributed by atoms with Gasteiger partial charge in [-0.15, -0.1) is 0 Å². The fourth-order valence-electron chi connectivity index (χ4n) is 2.50. The molecule has 0 radical (unpaired) electrons. The second kappa shape index (κ2) is 7.59. The first kappa shape index (κ1) is 16.8. The maximum absolute atomic E-state index is 12.4. The predicted octanol–water partition coefficient (Wildman–Crippen LogP) is 0.558. The normalized spacial score (nSPS) is 16.8. The van der Waals surface area contributed by atoms with E-state index in [-0.39, 0.29) is 18.4 Å². The van der Waals surface area contributed by atoms with Crippen molar-refractivity contribution in [3.8, 4) is 0 Å². The monoisotopic (exact) mass is 320 g/mol. The van der Waals surface area contributed by atoms with Gasteiger partial charge in [0.25, 0.3) is 0 Å². The summed E-state index contributed by atoms with van der Waals surface area (Å²) in [4.78, 5) is 37.3. The summed E-state index contributed by atoms with van der Waals surface area (Å²) in [6.07, 6.45) is 0.497. The Hall–Kier alpha value is -2.61. The molecule has 1 saturated heterocycles. The highest BCUT2D eigenvalue weighted by atomic mass is 16.5. The molecule has 1 heterocycles. The average molecular weight is 320 g/mol. The van der Waals surface area contributed by atoms with Gasteiger partial charge in [0, 0.05) is 12.2 Å². The van der Waals surface area contributed by atoms with Gasteiger partial charge in [0.1, 0.15) is 12.6 Å². The third-order valence-corrected chi connectivity index (χ3v) is 3.63. The molecule has 1 aromatic carbocycles. The van der Waals surface area contributed by atoms with Gasteiger partial charge in [0.2, 0.25) is 11.8 Å². The lowest BCUT2D eigenvalue weighted by atomic mass is 10.2. The van der Waals surface area contributed by atoms with Crippen molar-refractivity contribution in [3.05, 3.63) is 30.3 Å².